The average molecular weight is 303 g/mol. The van der Waals surface area contributed by atoms with Gasteiger partial charge in [-0.3, -0.25) is 0 Å². The molecule has 1 aromatic rings. The number of nitrogens with zero attached hydrogens (tertiary/aromatic N) is 1. The van der Waals surface area contributed by atoms with Crippen LogP contribution in [-0.2, 0) is 6.42 Å². The van der Waals surface area contributed by atoms with Gasteiger partial charge in [0.1, 0.15) is 0 Å². The molecule has 2 nitrogen and oxygen atoms in total. The quantitative estimate of drug-likeness (QED) is 0.784. The largest absolute Gasteiger partial charge is 0.314 e. The number of rotatable bonds is 8. The molecule has 0 aromatic heterocycles. The molecule has 0 radical (unpaired) electrons. The predicted molar refractivity (Wildman–Crippen MR) is 85.4 cm³/mol. The Labute approximate surface area is 127 Å². The summed E-state index contributed by atoms with van der Waals surface area (Å²) in [5.41, 5.74) is 1.24. The molecular weight excluding hydrogens is 279 g/mol. The zero-order valence-electron chi connectivity index (χ0n) is 12.0. The Bertz CT molecular complexity index is 380. The third kappa shape index (κ3) is 6.62. The third-order valence-electron chi connectivity index (χ3n) is 3.07. The Morgan fingerprint density at radius 1 is 1.21 bits per heavy atom. The van der Waals surface area contributed by atoms with Gasteiger partial charge in [-0.25, -0.2) is 0 Å². The van der Waals surface area contributed by atoms with Gasteiger partial charge in [-0.2, -0.15) is 0 Å². The fourth-order valence-corrected chi connectivity index (χ4v) is 2.31. The van der Waals surface area contributed by atoms with Crippen molar-refractivity contribution in [2.45, 2.75) is 32.2 Å². The van der Waals surface area contributed by atoms with Crippen molar-refractivity contribution in [2.24, 2.45) is 0 Å². The van der Waals surface area contributed by atoms with Gasteiger partial charge >= 0.3 is 0 Å². The lowest BCUT2D eigenvalue weighted by Crippen LogP contribution is -2.34. The van der Waals surface area contributed by atoms with Crippen LogP contribution in [-0.4, -0.2) is 38.1 Å². The van der Waals surface area contributed by atoms with E-state index >= 15 is 0 Å². The van der Waals surface area contributed by atoms with E-state index in [1.54, 1.807) is 0 Å². The second kappa shape index (κ2) is 8.80. The van der Waals surface area contributed by atoms with Crippen molar-refractivity contribution in [3.05, 3.63) is 33.8 Å². The minimum absolute atomic E-state index is 0.486. The van der Waals surface area contributed by atoms with Crippen molar-refractivity contribution in [2.75, 3.05) is 27.2 Å². The van der Waals surface area contributed by atoms with Gasteiger partial charge in [0.25, 0.3) is 0 Å². The third-order valence-corrected chi connectivity index (χ3v) is 3.81. The predicted octanol–water partition coefficient (Wildman–Crippen LogP) is 3.86. The molecule has 108 valence electrons. The minimum Gasteiger partial charge on any atom is -0.314 e. The highest BCUT2D eigenvalue weighted by Gasteiger charge is 2.10. The average Bonchev–Trinajstić information content (AvgIpc) is 2.37. The van der Waals surface area contributed by atoms with E-state index in [9.17, 15) is 0 Å². The number of benzene rings is 1. The Kier molecular flexibility index (Phi) is 7.77. The first-order chi connectivity index (χ1) is 9.02. The maximum atomic E-state index is 6.07. The van der Waals surface area contributed by atoms with Gasteiger partial charge in [-0.05, 0) is 64.1 Å². The molecule has 0 bridgehead atoms. The first-order valence-electron chi connectivity index (χ1n) is 6.85. The molecule has 0 amide bonds. The van der Waals surface area contributed by atoms with Gasteiger partial charge in [0, 0.05) is 6.04 Å². The smallest absolute Gasteiger partial charge is 0.0595 e. The molecule has 0 aliphatic carbocycles. The molecule has 4 heteroatoms. The molecule has 0 saturated heterocycles. The van der Waals surface area contributed by atoms with E-state index in [-0.39, 0.29) is 0 Å². The number of hydrogen-bond donors (Lipinski definition) is 1. The van der Waals surface area contributed by atoms with E-state index in [1.807, 2.05) is 12.1 Å². The van der Waals surface area contributed by atoms with Gasteiger partial charge in [0.15, 0.2) is 0 Å². The summed E-state index contributed by atoms with van der Waals surface area (Å²) in [5, 5.41) is 4.87. The summed E-state index contributed by atoms with van der Waals surface area (Å²) in [6, 6.07) is 6.40. The maximum absolute atomic E-state index is 6.07. The van der Waals surface area contributed by atoms with E-state index in [0.717, 1.165) is 32.4 Å². The highest BCUT2D eigenvalue weighted by Crippen LogP contribution is 2.23. The summed E-state index contributed by atoms with van der Waals surface area (Å²) in [6.45, 7) is 4.33. The molecule has 1 N–H and O–H groups in total. The van der Waals surface area contributed by atoms with Crippen LogP contribution in [0.2, 0.25) is 10.0 Å². The number of hydrogen-bond acceptors (Lipinski definition) is 2. The van der Waals surface area contributed by atoms with Crippen molar-refractivity contribution in [3.8, 4) is 0 Å². The van der Waals surface area contributed by atoms with Gasteiger partial charge in [0.2, 0.25) is 0 Å². The monoisotopic (exact) mass is 302 g/mol. The van der Waals surface area contributed by atoms with Gasteiger partial charge in [0.05, 0.1) is 10.0 Å². The van der Waals surface area contributed by atoms with Crippen LogP contribution in [0.15, 0.2) is 18.2 Å². The Morgan fingerprint density at radius 3 is 2.53 bits per heavy atom. The normalized spacial score (nSPS) is 12.9. The summed E-state index contributed by atoms with van der Waals surface area (Å²) < 4.78 is 0. The molecule has 1 aromatic carbocycles. The molecule has 0 spiro atoms. The van der Waals surface area contributed by atoms with Crippen LogP contribution >= 0.6 is 23.2 Å². The lowest BCUT2D eigenvalue weighted by atomic mass is 10.0. The van der Waals surface area contributed by atoms with E-state index in [0.29, 0.717) is 16.1 Å². The minimum atomic E-state index is 0.486. The van der Waals surface area contributed by atoms with Gasteiger partial charge < -0.3 is 10.2 Å². The Morgan fingerprint density at radius 2 is 1.95 bits per heavy atom. The van der Waals surface area contributed by atoms with Gasteiger partial charge in [-0.1, -0.05) is 36.2 Å². The summed E-state index contributed by atoms with van der Waals surface area (Å²) in [6.07, 6.45) is 3.28. The van der Waals surface area contributed by atoms with Crippen molar-refractivity contribution in [1.82, 2.24) is 10.2 Å². The fraction of sp³-hybridized carbons (Fsp3) is 0.600. The zero-order chi connectivity index (χ0) is 14.3. The molecule has 1 atom stereocenters. The topological polar surface area (TPSA) is 15.3 Å². The first-order valence-corrected chi connectivity index (χ1v) is 7.60. The second-order valence-corrected chi connectivity index (χ2v) is 6.01. The van der Waals surface area contributed by atoms with Crippen molar-refractivity contribution in [3.63, 3.8) is 0 Å². The fourth-order valence-electron chi connectivity index (χ4n) is 1.99. The van der Waals surface area contributed by atoms with Crippen LogP contribution in [0.1, 0.15) is 25.3 Å². The molecule has 0 aliphatic heterocycles. The van der Waals surface area contributed by atoms with Crippen LogP contribution in [0.25, 0.3) is 0 Å². The highest BCUT2D eigenvalue weighted by atomic mass is 35.5. The first kappa shape index (κ1) is 16.8. The van der Waals surface area contributed by atoms with Crippen LogP contribution < -0.4 is 5.32 Å². The summed E-state index contributed by atoms with van der Waals surface area (Å²) in [4.78, 5) is 2.22. The van der Waals surface area contributed by atoms with Gasteiger partial charge in [-0.15, -0.1) is 0 Å². The molecular formula is C15H24Cl2N2. The molecule has 19 heavy (non-hydrogen) atoms. The number of nitrogens with one attached hydrogen (secondary N) is 1. The molecule has 0 fully saturated rings. The van der Waals surface area contributed by atoms with Crippen molar-refractivity contribution >= 4 is 23.2 Å². The van der Waals surface area contributed by atoms with Crippen LogP contribution in [0.4, 0.5) is 0 Å². The molecule has 0 saturated carbocycles. The summed E-state index contributed by atoms with van der Waals surface area (Å²) in [5.74, 6) is 0. The summed E-state index contributed by atoms with van der Waals surface area (Å²) >= 11 is 12.0. The number of halogens is 2. The van der Waals surface area contributed by atoms with E-state index < -0.39 is 0 Å². The maximum Gasteiger partial charge on any atom is 0.0595 e. The van der Waals surface area contributed by atoms with Crippen LogP contribution in [0, 0.1) is 0 Å². The van der Waals surface area contributed by atoms with Crippen LogP contribution in [0.3, 0.4) is 0 Å². The molecule has 1 rings (SSSR count). The Balaban J connectivity index is 2.61. The summed E-state index contributed by atoms with van der Waals surface area (Å²) in [7, 11) is 4.21. The van der Waals surface area contributed by atoms with E-state index in [4.69, 9.17) is 23.2 Å². The lowest BCUT2D eigenvalue weighted by molar-refractivity contribution is 0.356. The van der Waals surface area contributed by atoms with E-state index in [2.05, 4.69) is 37.3 Å². The highest BCUT2D eigenvalue weighted by molar-refractivity contribution is 6.42. The lowest BCUT2D eigenvalue weighted by Gasteiger charge is -2.21. The zero-order valence-corrected chi connectivity index (χ0v) is 13.6. The van der Waals surface area contributed by atoms with Crippen LogP contribution in [0.5, 0.6) is 0 Å². The van der Waals surface area contributed by atoms with Crippen molar-refractivity contribution < 1.29 is 0 Å². The second-order valence-electron chi connectivity index (χ2n) is 5.20. The standard InChI is InChI=1S/C15H24Cl2N2/c1-4-8-18-13(7-9-19(2)3)10-12-5-6-14(16)15(17)11-12/h5-6,11,13,18H,4,7-10H2,1-3H3. The SMILES string of the molecule is CCCNC(CCN(C)C)Cc1ccc(Cl)c(Cl)c1. The Hall–Kier alpha value is -0.280. The molecule has 1 unspecified atom stereocenters. The molecule has 0 aliphatic rings. The van der Waals surface area contributed by atoms with E-state index in [1.165, 1.54) is 5.56 Å². The molecule has 0 heterocycles. The van der Waals surface area contributed by atoms with Crippen molar-refractivity contribution in [1.29, 1.82) is 0 Å².